The third kappa shape index (κ3) is 6.22. The Kier molecular flexibility index (Phi) is 8.35. The average molecular weight is 527 g/mol. The highest BCUT2D eigenvalue weighted by molar-refractivity contribution is 7.91. The second-order valence-corrected chi connectivity index (χ2v) is 12.0. The van der Waals surface area contributed by atoms with Crippen molar-refractivity contribution in [1.82, 2.24) is 10.2 Å². The largest absolute Gasteiger partial charge is 0.390 e. The molecular weight excluding hydrogens is 492 g/mol. The highest BCUT2D eigenvalue weighted by Crippen LogP contribution is 2.33. The summed E-state index contributed by atoms with van der Waals surface area (Å²) in [5.74, 6) is -0.250. The van der Waals surface area contributed by atoms with Crippen molar-refractivity contribution in [2.24, 2.45) is 0 Å². The number of nitrogens with zero attached hydrogens (tertiary/aromatic N) is 1. The normalized spacial score (nSPS) is 18.8. The molecule has 1 fully saturated rings. The van der Waals surface area contributed by atoms with Gasteiger partial charge < -0.3 is 10.4 Å². The predicted octanol–water partition coefficient (Wildman–Crippen LogP) is 4.62. The molecule has 1 aliphatic rings. The molecule has 0 aliphatic carbocycles. The Balaban J connectivity index is 1.47. The molecule has 0 amide bonds. The van der Waals surface area contributed by atoms with Crippen molar-refractivity contribution in [3.63, 3.8) is 0 Å². The van der Waals surface area contributed by atoms with Crippen LogP contribution in [0.5, 0.6) is 0 Å². The fourth-order valence-electron chi connectivity index (χ4n) is 5.52. The van der Waals surface area contributed by atoms with Crippen molar-refractivity contribution in [3.05, 3.63) is 144 Å². The smallest absolute Gasteiger partial charge is 0.154 e. The van der Waals surface area contributed by atoms with Gasteiger partial charge in [0.25, 0.3) is 0 Å². The molecule has 5 nitrogen and oxygen atoms in total. The minimum Gasteiger partial charge on any atom is -0.390 e. The van der Waals surface area contributed by atoms with E-state index in [2.05, 4.69) is 58.7 Å². The number of hydrogen-bond donors (Lipinski definition) is 2. The highest BCUT2D eigenvalue weighted by atomic mass is 32.2. The molecule has 1 heterocycles. The van der Waals surface area contributed by atoms with Crippen molar-refractivity contribution >= 4 is 9.84 Å². The Morgan fingerprint density at radius 1 is 0.684 bits per heavy atom. The lowest BCUT2D eigenvalue weighted by Crippen LogP contribution is -2.48. The van der Waals surface area contributed by atoms with Crippen molar-refractivity contribution in [2.75, 3.05) is 24.6 Å². The average Bonchev–Trinajstić information content (AvgIpc) is 3.24. The van der Waals surface area contributed by atoms with Gasteiger partial charge in [0.2, 0.25) is 0 Å². The summed E-state index contributed by atoms with van der Waals surface area (Å²) in [6.07, 6.45) is -0.936. The molecule has 1 saturated heterocycles. The monoisotopic (exact) mass is 526 g/mol. The summed E-state index contributed by atoms with van der Waals surface area (Å²) in [5, 5.41) is 14.7. The van der Waals surface area contributed by atoms with E-state index in [0.29, 0.717) is 13.1 Å². The summed E-state index contributed by atoms with van der Waals surface area (Å²) >= 11 is 0. The Bertz CT molecular complexity index is 1310. The maximum absolute atomic E-state index is 12.6. The van der Waals surface area contributed by atoms with Gasteiger partial charge in [0, 0.05) is 13.1 Å². The summed E-state index contributed by atoms with van der Waals surface area (Å²) in [5.41, 5.74) is 4.46. The minimum absolute atomic E-state index is 0.0108. The van der Waals surface area contributed by atoms with E-state index < -0.39 is 22.0 Å². The second kappa shape index (κ2) is 12.0. The first-order valence-corrected chi connectivity index (χ1v) is 14.9. The molecule has 0 bridgehead atoms. The van der Waals surface area contributed by atoms with Gasteiger partial charge in [-0.3, -0.25) is 4.90 Å². The van der Waals surface area contributed by atoms with Gasteiger partial charge in [0.05, 0.1) is 35.7 Å². The number of aliphatic hydroxyl groups excluding tert-OH is 1. The summed E-state index contributed by atoms with van der Waals surface area (Å²) in [6, 6.07) is 40.2. The van der Waals surface area contributed by atoms with E-state index in [9.17, 15) is 13.5 Å². The van der Waals surface area contributed by atoms with Gasteiger partial charge in [0.15, 0.2) is 9.84 Å². The zero-order valence-electron chi connectivity index (χ0n) is 21.3. The highest BCUT2D eigenvalue weighted by Gasteiger charge is 2.42. The summed E-state index contributed by atoms with van der Waals surface area (Å²) in [4.78, 5) is 2.18. The molecule has 2 atom stereocenters. The molecule has 38 heavy (non-hydrogen) atoms. The molecule has 5 rings (SSSR count). The SMILES string of the molecule is O=S1(=O)C[C@@H](N(CCNC(c2ccccc2)c2ccccc2)C(c2ccccc2)c2ccccc2)[C@@H](O)C1. The van der Waals surface area contributed by atoms with E-state index in [1.807, 2.05) is 72.8 Å². The van der Waals surface area contributed by atoms with Crippen LogP contribution < -0.4 is 5.32 Å². The van der Waals surface area contributed by atoms with Crippen molar-refractivity contribution in [3.8, 4) is 0 Å². The number of nitrogens with one attached hydrogen (secondary N) is 1. The second-order valence-electron chi connectivity index (χ2n) is 9.88. The first-order chi connectivity index (χ1) is 18.5. The van der Waals surface area contributed by atoms with Crippen LogP contribution in [-0.4, -0.2) is 55.2 Å². The zero-order chi connectivity index (χ0) is 26.4. The molecule has 2 N–H and O–H groups in total. The molecule has 0 saturated carbocycles. The van der Waals surface area contributed by atoms with Crippen LogP contribution in [0.2, 0.25) is 0 Å². The van der Waals surface area contributed by atoms with Crippen molar-refractivity contribution in [2.45, 2.75) is 24.2 Å². The van der Waals surface area contributed by atoms with E-state index in [0.717, 1.165) is 22.3 Å². The van der Waals surface area contributed by atoms with E-state index in [4.69, 9.17) is 0 Å². The molecule has 4 aromatic rings. The molecule has 1 aliphatic heterocycles. The summed E-state index contributed by atoms with van der Waals surface area (Å²) < 4.78 is 25.2. The maximum atomic E-state index is 12.6. The Morgan fingerprint density at radius 3 is 1.50 bits per heavy atom. The van der Waals surface area contributed by atoms with Crippen LogP contribution in [0.15, 0.2) is 121 Å². The van der Waals surface area contributed by atoms with Gasteiger partial charge in [-0.1, -0.05) is 121 Å². The van der Waals surface area contributed by atoms with Crippen LogP contribution in [0.25, 0.3) is 0 Å². The molecule has 0 unspecified atom stereocenters. The van der Waals surface area contributed by atoms with Gasteiger partial charge in [-0.05, 0) is 22.3 Å². The fraction of sp³-hybridized carbons (Fsp3) is 0.250. The number of sulfone groups is 1. The van der Waals surface area contributed by atoms with Crippen LogP contribution in [0, 0.1) is 0 Å². The van der Waals surface area contributed by atoms with Crippen LogP contribution in [0.3, 0.4) is 0 Å². The maximum Gasteiger partial charge on any atom is 0.154 e. The lowest BCUT2D eigenvalue weighted by molar-refractivity contribution is 0.0641. The van der Waals surface area contributed by atoms with Crippen LogP contribution in [0.4, 0.5) is 0 Å². The summed E-state index contributed by atoms with van der Waals surface area (Å²) in [7, 11) is -3.33. The molecule has 0 spiro atoms. The van der Waals surface area contributed by atoms with Gasteiger partial charge in [0.1, 0.15) is 0 Å². The summed E-state index contributed by atoms with van der Waals surface area (Å²) in [6.45, 7) is 1.16. The van der Waals surface area contributed by atoms with Crippen molar-refractivity contribution < 1.29 is 13.5 Å². The molecule has 0 aromatic heterocycles. The van der Waals surface area contributed by atoms with E-state index in [1.54, 1.807) is 0 Å². The standard InChI is InChI=1S/C32H34N2O3S/c35-30-24-38(36,37)23-29(30)34(32(27-17-9-3-10-18-27)28-19-11-4-12-20-28)22-21-33-31(25-13-5-1-6-14-25)26-15-7-2-8-16-26/h1-20,29-33,35H,21-24H2/t29-,30+/m1/s1. The van der Waals surface area contributed by atoms with E-state index >= 15 is 0 Å². The predicted molar refractivity (Wildman–Crippen MR) is 153 cm³/mol. The lowest BCUT2D eigenvalue weighted by atomic mass is 9.94. The van der Waals surface area contributed by atoms with Gasteiger partial charge >= 0.3 is 0 Å². The molecule has 196 valence electrons. The minimum atomic E-state index is -3.33. The molecular formula is C32H34N2O3S. The van der Waals surface area contributed by atoms with Crippen LogP contribution >= 0.6 is 0 Å². The van der Waals surface area contributed by atoms with E-state index in [1.165, 1.54) is 0 Å². The van der Waals surface area contributed by atoms with Crippen molar-refractivity contribution in [1.29, 1.82) is 0 Å². The molecule has 4 aromatic carbocycles. The number of rotatable bonds is 10. The quantitative estimate of drug-likeness (QED) is 0.316. The Labute approximate surface area is 225 Å². The van der Waals surface area contributed by atoms with Crippen LogP contribution in [-0.2, 0) is 9.84 Å². The zero-order valence-corrected chi connectivity index (χ0v) is 22.1. The van der Waals surface area contributed by atoms with Gasteiger partial charge in [-0.2, -0.15) is 0 Å². The topological polar surface area (TPSA) is 69.6 Å². The fourth-order valence-corrected chi connectivity index (χ4v) is 7.33. The number of benzene rings is 4. The lowest BCUT2D eigenvalue weighted by Gasteiger charge is -2.38. The Morgan fingerprint density at radius 2 is 1.11 bits per heavy atom. The van der Waals surface area contributed by atoms with E-state index in [-0.39, 0.29) is 23.6 Å². The molecule has 6 heteroatoms. The first kappa shape index (κ1) is 26.3. The molecule has 0 radical (unpaired) electrons. The third-order valence-corrected chi connectivity index (χ3v) is 8.96. The van der Waals surface area contributed by atoms with Gasteiger partial charge in [-0.25, -0.2) is 8.42 Å². The number of aliphatic hydroxyl groups is 1. The Hall–Kier alpha value is -3.29. The first-order valence-electron chi connectivity index (χ1n) is 13.1. The number of hydrogen-bond acceptors (Lipinski definition) is 5. The van der Waals surface area contributed by atoms with Gasteiger partial charge in [-0.15, -0.1) is 0 Å². The van der Waals surface area contributed by atoms with Crippen LogP contribution in [0.1, 0.15) is 34.3 Å². The third-order valence-electron chi connectivity index (χ3n) is 7.27.